The number of rotatable bonds is 2. The normalized spacial score (nSPS) is 40.0. The zero-order chi connectivity index (χ0) is 7.56. The molecule has 0 aliphatic carbocycles. The van der Waals surface area contributed by atoms with Gasteiger partial charge in [0.15, 0.2) is 0 Å². The van der Waals surface area contributed by atoms with Gasteiger partial charge in [0.1, 0.15) is 13.3 Å². The molecule has 1 saturated heterocycles. The van der Waals surface area contributed by atoms with Crippen molar-refractivity contribution < 1.29 is 14.9 Å². The van der Waals surface area contributed by atoms with Gasteiger partial charge in [-0.15, -0.1) is 0 Å². The van der Waals surface area contributed by atoms with Crippen molar-refractivity contribution >= 4 is 14.9 Å². The van der Waals surface area contributed by atoms with Crippen LogP contribution in [0.15, 0.2) is 0 Å². The summed E-state index contributed by atoms with van der Waals surface area (Å²) >= 11 is 0. The second-order valence-electron chi connectivity index (χ2n) is 2.69. The van der Waals surface area contributed by atoms with Crippen LogP contribution in [-0.2, 0) is 4.74 Å². The lowest BCUT2D eigenvalue weighted by atomic mass is 9.51. The molecule has 0 amide bonds. The van der Waals surface area contributed by atoms with Crippen LogP contribution < -0.4 is 0 Å². The van der Waals surface area contributed by atoms with Gasteiger partial charge >= 0.3 is 0 Å². The maximum absolute atomic E-state index is 9.21. The third kappa shape index (κ3) is 1.54. The molecule has 5 heteroatoms. The highest BCUT2D eigenvalue weighted by atomic mass is 16.5. The molecule has 0 radical (unpaired) electrons. The van der Waals surface area contributed by atoms with Gasteiger partial charge in [0, 0.05) is 6.00 Å². The molecule has 0 spiro atoms. The van der Waals surface area contributed by atoms with Crippen LogP contribution in [0.25, 0.3) is 0 Å². The SMILES string of the molecule is BB[C@H]1CC(O)[C@@H](CO)O1. The molecular weight excluding hydrogens is 130 g/mol. The van der Waals surface area contributed by atoms with Crippen LogP contribution in [0.5, 0.6) is 0 Å². The highest BCUT2D eigenvalue weighted by molar-refractivity contribution is 6.90. The Morgan fingerprint density at radius 3 is 2.70 bits per heavy atom. The molecule has 1 heterocycles. The molecule has 0 aromatic rings. The van der Waals surface area contributed by atoms with Crippen molar-refractivity contribution in [1.82, 2.24) is 0 Å². The van der Waals surface area contributed by atoms with E-state index in [9.17, 15) is 5.11 Å². The quantitative estimate of drug-likeness (QED) is 0.417. The van der Waals surface area contributed by atoms with E-state index in [1.807, 2.05) is 7.74 Å². The van der Waals surface area contributed by atoms with E-state index in [0.717, 1.165) is 7.17 Å². The average molecular weight is 142 g/mol. The number of hydrogen-bond acceptors (Lipinski definition) is 3. The van der Waals surface area contributed by atoms with Gasteiger partial charge in [0.2, 0.25) is 0 Å². The highest BCUT2D eigenvalue weighted by Gasteiger charge is 2.31. The van der Waals surface area contributed by atoms with Crippen molar-refractivity contribution in [3.05, 3.63) is 0 Å². The van der Waals surface area contributed by atoms with E-state index in [2.05, 4.69) is 0 Å². The van der Waals surface area contributed by atoms with Crippen LogP contribution in [0.1, 0.15) is 6.42 Å². The average Bonchev–Trinajstić information content (AvgIpc) is 2.30. The standard InChI is InChI=1S/C5H12B2O3/c6-7-5-1-3(9)4(2-8)10-5/h3-5,7-9H,1-2,6H2/t3?,4-,5-/m1/s1. The van der Waals surface area contributed by atoms with Crippen molar-refractivity contribution in [2.45, 2.75) is 24.6 Å². The van der Waals surface area contributed by atoms with Crippen molar-refractivity contribution in [2.24, 2.45) is 0 Å². The first-order valence-electron chi connectivity index (χ1n) is 3.72. The minimum atomic E-state index is -0.463. The molecule has 1 aliphatic rings. The van der Waals surface area contributed by atoms with E-state index in [1.165, 1.54) is 0 Å². The van der Waals surface area contributed by atoms with Crippen molar-refractivity contribution in [3.8, 4) is 0 Å². The Bertz CT molecular complexity index is 111. The molecule has 1 unspecified atom stereocenters. The lowest BCUT2D eigenvalue weighted by Crippen LogP contribution is -2.24. The second-order valence-corrected chi connectivity index (χ2v) is 2.69. The molecule has 2 N–H and O–H groups in total. The number of hydrogen-bond donors (Lipinski definition) is 2. The zero-order valence-corrected chi connectivity index (χ0v) is 6.16. The monoisotopic (exact) mass is 142 g/mol. The summed E-state index contributed by atoms with van der Waals surface area (Å²) in [6.45, 7) is -0.0718. The first-order valence-corrected chi connectivity index (χ1v) is 3.72. The predicted octanol–water partition coefficient (Wildman–Crippen LogP) is -2.56. The van der Waals surface area contributed by atoms with Crippen LogP contribution in [-0.4, -0.2) is 49.9 Å². The first kappa shape index (κ1) is 8.11. The summed E-state index contributed by atoms with van der Waals surface area (Å²) in [6.07, 6.45) is -0.137. The summed E-state index contributed by atoms with van der Waals surface area (Å²) in [6, 6.07) is 0.146. The lowest BCUT2D eigenvalue weighted by molar-refractivity contribution is -0.00434. The molecule has 56 valence electrons. The fraction of sp³-hybridized carbons (Fsp3) is 1.00. The summed E-state index contributed by atoms with van der Waals surface area (Å²) < 4.78 is 5.27. The van der Waals surface area contributed by atoms with E-state index in [0.29, 0.717) is 6.42 Å². The molecule has 1 fully saturated rings. The van der Waals surface area contributed by atoms with Crippen molar-refractivity contribution in [2.75, 3.05) is 6.61 Å². The predicted molar refractivity (Wildman–Crippen MR) is 42.1 cm³/mol. The van der Waals surface area contributed by atoms with Gasteiger partial charge in [-0.25, -0.2) is 0 Å². The van der Waals surface area contributed by atoms with Crippen LogP contribution >= 0.6 is 0 Å². The van der Waals surface area contributed by atoms with E-state index in [-0.39, 0.29) is 18.7 Å². The van der Waals surface area contributed by atoms with Gasteiger partial charge in [-0.3, -0.25) is 0 Å². The van der Waals surface area contributed by atoms with Crippen LogP contribution in [0, 0.1) is 0 Å². The largest absolute Gasteiger partial charge is 0.394 e. The van der Waals surface area contributed by atoms with Gasteiger partial charge < -0.3 is 14.9 Å². The van der Waals surface area contributed by atoms with Crippen molar-refractivity contribution in [3.63, 3.8) is 0 Å². The number of aliphatic hydroxyl groups is 2. The van der Waals surface area contributed by atoms with E-state index in [1.54, 1.807) is 0 Å². The molecule has 0 aromatic heterocycles. The maximum Gasteiger partial charge on any atom is 0.119 e. The lowest BCUT2D eigenvalue weighted by Gasteiger charge is -2.09. The third-order valence-electron chi connectivity index (χ3n) is 1.94. The van der Waals surface area contributed by atoms with Crippen molar-refractivity contribution in [1.29, 1.82) is 0 Å². The summed E-state index contributed by atoms with van der Waals surface area (Å²) in [5.41, 5.74) is 0. The molecule has 1 rings (SSSR count). The Hall–Kier alpha value is 0.00987. The molecule has 3 atom stereocenters. The Morgan fingerprint density at radius 1 is 1.70 bits per heavy atom. The Kier molecular flexibility index (Phi) is 2.77. The van der Waals surface area contributed by atoms with Gasteiger partial charge in [0.25, 0.3) is 0 Å². The molecule has 3 nitrogen and oxygen atoms in total. The molecule has 1 aliphatic heterocycles. The highest BCUT2D eigenvalue weighted by Crippen LogP contribution is 2.18. The Morgan fingerprint density at radius 2 is 2.40 bits per heavy atom. The fourth-order valence-electron chi connectivity index (χ4n) is 1.24. The third-order valence-corrected chi connectivity index (χ3v) is 1.94. The fourth-order valence-corrected chi connectivity index (χ4v) is 1.24. The van der Waals surface area contributed by atoms with E-state index >= 15 is 0 Å². The van der Waals surface area contributed by atoms with Gasteiger partial charge in [-0.2, -0.15) is 0 Å². The summed E-state index contributed by atoms with van der Waals surface area (Å²) in [7, 11) is 2.92. The maximum atomic E-state index is 9.21. The molecule has 10 heavy (non-hydrogen) atoms. The van der Waals surface area contributed by atoms with Crippen LogP contribution in [0.4, 0.5) is 0 Å². The van der Waals surface area contributed by atoms with E-state index in [4.69, 9.17) is 9.84 Å². The van der Waals surface area contributed by atoms with Crippen LogP contribution in [0.2, 0.25) is 0 Å². The zero-order valence-electron chi connectivity index (χ0n) is 6.16. The van der Waals surface area contributed by atoms with Crippen LogP contribution in [0.3, 0.4) is 0 Å². The van der Waals surface area contributed by atoms with Gasteiger partial charge in [-0.05, 0) is 6.42 Å². The number of ether oxygens (including phenoxy) is 1. The van der Waals surface area contributed by atoms with Gasteiger partial charge in [-0.1, -0.05) is 0 Å². The minimum absolute atomic E-state index is 0.0718. The molecule has 0 aromatic carbocycles. The smallest absolute Gasteiger partial charge is 0.119 e. The first-order chi connectivity index (χ1) is 4.77. The Labute approximate surface area is 62.0 Å². The number of aliphatic hydroxyl groups excluding tert-OH is 2. The minimum Gasteiger partial charge on any atom is -0.394 e. The molecule has 0 saturated carbocycles. The summed E-state index contributed by atoms with van der Waals surface area (Å²) in [5.74, 6) is 0. The topological polar surface area (TPSA) is 49.7 Å². The summed E-state index contributed by atoms with van der Waals surface area (Å²) in [4.78, 5) is 0. The molecule has 0 bridgehead atoms. The molecular formula is C5H12B2O3. The second kappa shape index (κ2) is 3.42. The Balaban J connectivity index is 2.36. The van der Waals surface area contributed by atoms with E-state index < -0.39 is 6.10 Å². The van der Waals surface area contributed by atoms with Gasteiger partial charge in [0.05, 0.1) is 20.4 Å². The summed E-state index contributed by atoms with van der Waals surface area (Å²) in [5, 5.41) is 17.9.